The fourth-order valence-electron chi connectivity index (χ4n) is 3.12. The quantitative estimate of drug-likeness (QED) is 0.479. The highest BCUT2D eigenvalue weighted by atomic mass is 32.1. The van der Waals surface area contributed by atoms with Crippen molar-refractivity contribution in [3.8, 4) is 27.6 Å². The van der Waals surface area contributed by atoms with Gasteiger partial charge in [0.2, 0.25) is 0 Å². The molecular formula is C21H22N6O2S. The minimum Gasteiger partial charge on any atom is -0.491 e. The van der Waals surface area contributed by atoms with E-state index < -0.39 is 0 Å². The van der Waals surface area contributed by atoms with Crippen molar-refractivity contribution in [3.05, 3.63) is 48.2 Å². The lowest BCUT2D eigenvalue weighted by molar-refractivity contribution is 0.242. The van der Waals surface area contributed by atoms with Crippen LogP contribution in [0, 0.1) is 0 Å². The third-order valence-electron chi connectivity index (χ3n) is 4.29. The molecule has 30 heavy (non-hydrogen) atoms. The summed E-state index contributed by atoms with van der Waals surface area (Å²) in [5, 5.41) is 14.5. The number of hydrogen-bond acceptors (Lipinski definition) is 6. The van der Waals surface area contributed by atoms with Gasteiger partial charge >= 0.3 is 6.03 Å². The predicted molar refractivity (Wildman–Crippen MR) is 118 cm³/mol. The summed E-state index contributed by atoms with van der Waals surface area (Å²) in [6.07, 6.45) is 3.78. The zero-order chi connectivity index (χ0) is 21.1. The van der Waals surface area contributed by atoms with Crippen molar-refractivity contribution < 1.29 is 9.53 Å². The molecule has 0 fully saturated rings. The number of ether oxygens (including phenoxy) is 1. The minimum absolute atomic E-state index is 0.00853. The Kier molecular flexibility index (Phi) is 5.62. The van der Waals surface area contributed by atoms with Crippen molar-refractivity contribution in [2.24, 2.45) is 0 Å². The molecule has 2 amide bonds. The predicted octanol–water partition coefficient (Wildman–Crippen LogP) is 4.45. The Morgan fingerprint density at radius 3 is 2.83 bits per heavy atom. The first-order valence-corrected chi connectivity index (χ1v) is 10.5. The summed E-state index contributed by atoms with van der Waals surface area (Å²) < 4.78 is 7.90. The van der Waals surface area contributed by atoms with Crippen LogP contribution in [0.25, 0.3) is 27.5 Å². The number of pyridine rings is 1. The Hall–Kier alpha value is -3.46. The Morgan fingerprint density at radius 1 is 1.23 bits per heavy atom. The molecule has 0 radical (unpaired) electrons. The topological polar surface area (TPSA) is 93.4 Å². The lowest BCUT2D eigenvalue weighted by atomic mass is 10.1. The van der Waals surface area contributed by atoms with Gasteiger partial charge in [-0.05, 0) is 45.0 Å². The molecule has 0 unspecified atom stereocenters. The Labute approximate surface area is 177 Å². The van der Waals surface area contributed by atoms with Crippen LogP contribution in [0.4, 0.5) is 10.5 Å². The second-order valence-corrected chi connectivity index (χ2v) is 7.76. The maximum Gasteiger partial charge on any atom is 0.319 e. The molecule has 0 aliphatic heterocycles. The highest BCUT2D eigenvalue weighted by molar-refractivity contribution is 7.12. The summed E-state index contributed by atoms with van der Waals surface area (Å²) in [7, 11) is 0. The largest absolute Gasteiger partial charge is 0.491 e. The van der Waals surface area contributed by atoms with Gasteiger partial charge in [-0.25, -0.2) is 9.78 Å². The number of carbonyl (C=O) groups is 1. The molecule has 0 saturated heterocycles. The normalized spacial score (nSPS) is 11.1. The molecule has 4 rings (SSSR count). The minimum atomic E-state index is -0.259. The number of rotatable bonds is 6. The second kappa shape index (κ2) is 8.50. The second-order valence-electron chi connectivity index (χ2n) is 6.93. The van der Waals surface area contributed by atoms with Gasteiger partial charge in [0.15, 0.2) is 0 Å². The van der Waals surface area contributed by atoms with Crippen molar-refractivity contribution >= 4 is 28.7 Å². The fraction of sp³-hybridized carbons (Fsp3) is 0.238. The summed E-state index contributed by atoms with van der Waals surface area (Å²) in [6, 6.07) is 9.38. The Morgan fingerprint density at radius 2 is 2.10 bits per heavy atom. The standard InChI is InChI=1S/C21H22N6O2S/c1-4-22-21(28)25-16-7-15(8-17(10-16)29-13(2)3)18-11-23-19-9-14(5-6-27(18)19)20-26-24-12-30-20/h5-13H,4H2,1-3H3,(H2,22,25,28). The van der Waals surface area contributed by atoms with Gasteiger partial charge in [-0.1, -0.05) is 11.3 Å². The molecule has 0 spiro atoms. The first-order valence-electron chi connectivity index (χ1n) is 9.64. The lowest BCUT2D eigenvalue weighted by Gasteiger charge is -2.14. The summed E-state index contributed by atoms with van der Waals surface area (Å²) >= 11 is 1.48. The Bertz CT molecular complexity index is 1170. The summed E-state index contributed by atoms with van der Waals surface area (Å²) in [5.74, 6) is 0.676. The third kappa shape index (κ3) is 4.25. The van der Waals surface area contributed by atoms with E-state index in [1.54, 1.807) is 5.51 Å². The van der Waals surface area contributed by atoms with E-state index in [-0.39, 0.29) is 12.1 Å². The number of imidazole rings is 1. The van der Waals surface area contributed by atoms with Gasteiger partial charge in [0.05, 0.1) is 18.0 Å². The molecular weight excluding hydrogens is 400 g/mol. The molecule has 1 aromatic carbocycles. The smallest absolute Gasteiger partial charge is 0.319 e. The molecule has 154 valence electrons. The molecule has 0 aliphatic carbocycles. The average molecular weight is 423 g/mol. The molecule has 8 nitrogen and oxygen atoms in total. The molecule has 0 saturated carbocycles. The molecule has 3 heterocycles. The maximum atomic E-state index is 12.0. The number of benzene rings is 1. The zero-order valence-corrected chi connectivity index (χ0v) is 17.7. The van der Waals surface area contributed by atoms with Crippen LogP contribution in [0.15, 0.2) is 48.2 Å². The first-order chi connectivity index (χ1) is 14.5. The molecule has 0 aliphatic rings. The van der Waals surface area contributed by atoms with E-state index in [1.807, 2.05) is 67.9 Å². The lowest BCUT2D eigenvalue weighted by Crippen LogP contribution is -2.28. The third-order valence-corrected chi connectivity index (χ3v) is 5.03. The fourth-order valence-corrected chi connectivity index (χ4v) is 3.67. The number of hydrogen-bond donors (Lipinski definition) is 2. The first kappa shape index (κ1) is 19.8. The van der Waals surface area contributed by atoms with Crippen LogP contribution in [0.3, 0.4) is 0 Å². The van der Waals surface area contributed by atoms with Gasteiger partial charge in [-0.15, -0.1) is 10.2 Å². The van der Waals surface area contributed by atoms with Crippen LogP contribution in [-0.2, 0) is 0 Å². The van der Waals surface area contributed by atoms with Crippen molar-refractivity contribution in [2.75, 3.05) is 11.9 Å². The van der Waals surface area contributed by atoms with Crippen molar-refractivity contribution in [2.45, 2.75) is 26.9 Å². The van der Waals surface area contributed by atoms with E-state index in [0.717, 1.165) is 27.5 Å². The zero-order valence-electron chi connectivity index (χ0n) is 16.9. The van der Waals surface area contributed by atoms with Gasteiger partial charge in [0, 0.05) is 35.6 Å². The van der Waals surface area contributed by atoms with E-state index in [9.17, 15) is 4.79 Å². The molecule has 2 N–H and O–H groups in total. The average Bonchev–Trinajstić information content (AvgIpc) is 3.37. The number of urea groups is 1. The number of amides is 2. The summed E-state index contributed by atoms with van der Waals surface area (Å²) in [4.78, 5) is 16.6. The van der Waals surface area contributed by atoms with Gasteiger partial charge in [-0.2, -0.15) is 0 Å². The van der Waals surface area contributed by atoms with Gasteiger partial charge in [0.1, 0.15) is 21.9 Å². The van der Waals surface area contributed by atoms with E-state index in [2.05, 4.69) is 25.8 Å². The SMILES string of the molecule is CCNC(=O)Nc1cc(OC(C)C)cc(-c2cnc3cc(-c4nncs4)ccn23)c1. The van der Waals surface area contributed by atoms with E-state index in [1.165, 1.54) is 11.3 Å². The monoisotopic (exact) mass is 422 g/mol. The molecule has 3 aromatic heterocycles. The van der Waals surface area contributed by atoms with E-state index in [4.69, 9.17) is 4.74 Å². The number of nitrogens with zero attached hydrogens (tertiary/aromatic N) is 4. The number of aromatic nitrogens is 4. The molecule has 0 bridgehead atoms. The van der Waals surface area contributed by atoms with Crippen molar-refractivity contribution in [1.29, 1.82) is 0 Å². The van der Waals surface area contributed by atoms with Crippen LogP contribution in [0.1, 0.15) is 20.8 Å². The maximum absolute atomic E-state index is 12.0. The highest BCUT2D eigenvalue weighted by Crippen LogP contribution is 2.31. The van der Waals surface area contributed by atoms with Crippen LogP contribution in [0.2, 0.25) is 0 Å². The van der Waals surface area contributed by atoms with Crippen LogP contribution in [-0.4, -0.2) is 38.3 Å². The van der Waals surface area contributed by atoms with Crippen LogP contribution < -0.4 is 15.4 Å². The molecule has 0 atom stereocenters. The van der Waals surface area contributed by atoms with Gasteiger partial charge < -0.3 is 15.4 Å². The number of carbonyl (C=O) groups excluding carboxylic acids is 1. The van der Waals surface area contributed by atoms with E-state index >= 15 is 0 Å². The van der Waals surface area contributed by atoms with Gasteiger partial charge in [0.25, 0.3) is 0 Å². The number of fused-ring (bicyclic) bond motifs is 1. The number of nitrogens with one attached hydrogen (secondary N) is 2. The highest BCUT2D eigenvalue weighted by Gasteiger charge is 2.13. The summed E-state index contributed by atoms with van der Waals surface area (Å²) in [6.45, 7) is 6.35. The van der Waals surface area contributed by atoms with Crippen molar-refractivity contribution in [3.63, 3.8) is 0 Å². The van der Waals surface area contributed by atoms with Crippen LogP contribution >= 0.6 is 11.3 Å². The van der Waals surface area contributed by atoms with Crippen LogP contribution in [0.5, 0.6) is 5.75 Å². The van der Waals surface area contributed by atoms with Crippen molar-refractivity contribution in [1.82, 2.24) is 24.9 Å². The number of anilines is 1. The molecule has 9 heteroatoms. The van der Waals surface area contributed by atoms with E-state index in [0.29, 0.717) is 18.0 Å². The van der Waals surface area contributed by atoms with Gasteiger partial charge in [-0.3, -0.25) is 4.40 Å². The Balaban J connectivity index is 1.74. The molecule has 4 aromatic rings. The summed E-state index contributed by atoms with van der Waals surface area (Å²) in [5.41, 5.74) is 5.90.